The van der Waals surface area contributed by atoms with Crippen molar-refractivity contribution in [2.24, 2.45) is 0 Å². The summed E-state index contributed by atoms with van der Waals surface area (Å²) in [5, 5.41) is 10.2. The minimum Gasteiger partial charge on any atom is -0.497 e. The van der Waals surface area contributed by atoms with Crippen molar-refractivity contribution in [2.45, 2.75) is 18.9 Å². The average molecular weight is 390 g/mol. The monoisotopic (exact) mass is 390 g/mol. The summed E-state index contributed by atoms with van der Waals surface area (Å²) in [6.07, 6.45) is 2.39. The van der Waals surface area contributed by atoms with Crippen molar-refractivity contribution in [2.75, 3.05) is 26.7 Å². The van der Waals surface area contributed by atoms with Gasteiger partial charge < -0.3 is 10.1 Å². The molecule has 150 valence electrons. The zero-order chi connectivity index (χ0) is 20.1. The van der Waals surface area contributed by atoms with Gasteiger partial charge >= 0.3 is 0 Å². The van der Waals surface area contributed by atoms with E-state index in [2.05, 4.69) is 32.5 Å². The second-order valence-corrected chi connectivity index (χ2v) is 7.27. The summed E-state index contributed by atoms with van der Waals surface area (Å²) in [5.41, 5.74) is 3.40. The van der Waals surface area contributed by atoms with Crippen LogP contribution in [0.4, 0.5) is 0 Å². The van der Waals surface area contributed by atoms with Gasteiger partial charge in [-0.15, -0.1) is 0 Å². The smallest absolute Gasteiger partial charge is 0.269 e. The number of ether oxygens (including phenoxy) is 1. The minimum absolute atomic E-state index is 0.141. The summed E-state index contributed by atoms with van der Waals surface area (Å²) in [6, 6.07) is 19.9. The maximum absolute atomic E-state index is 12.7. The van der Waals surface area contributed by atoms with Crippen LogP contribution in [-0.2, 0) is 0 Å². The molecule has 1 atom stereocenters. The number of H-pyrrole nitrogens is 1. The minimum atomic E-state index is -0.141. The third-order valence-corrected chi connectivity index (χ3v) is 5.43. The first kappa shape index (κ1) is 19.2. The average Bonchev–Trinajstić information content (AvgIpc) is 3.47. The number of carbonyl (C=O) groups excluding carboxylic acids is 1. The Morgan fingerprint density at radius 2 is 1.86 bits per heavy atom. The molecule has 6 heteroatoms. The van der Waals surface area contributed by atoms with Gasteiger partial charge in [0.25, 0.3) is 5.91 Å². The molecule has 1 amide bonds. The van der Waals surface area contributed by atoms with Gasteiger partial charge in [0.2, 0.25) is 0 Å². The SMILES string of the molecule is COc1ccc(C(CNC(=O)c2cc(-c3ccccc3)n[nH]2)N2CCCC2)cc1. The molecule has 0 aliphatic carbocycles. The summed E-state index contributed by atoms with van der Waals surface area (Å²) in [7, 11) is 1.67. The highest BCUT2D eigenvalue weighted by Gasteiger charge is 2.24. The number of aromatic amines is 1. The van der Waals surface area contributed by atoms with Crippen molar-refractivity contribution in [1.29, 1.82) is 0 Å². The largest absolute Gasteiger partial charge is 0.497 e. The van der Waals surface area contributed by atoms with Crippen molar-refractivity contribution in [3.63, 3.8) is 0 Å². The highest BCUT2D eigenvalue weighted by atomic mass is 16.5. The van der Waals surface area contributed by atoms with E-state index in [4.69, 9.17) is 4.74 Å². The summed E-state index contributed by atoms with van der Waals surface area (Å²) in [6.45, 7) is 2.65. The molecular formula is C23H26N4O2. The van der Waals surface area contributed by atoms with Gasteiger partial charge in [0.1, 0.15) is 11.4 Å². The fourth-order valence-electron chi connectivity index (χ4n) is 3.82. The number of hydrogen-bond donors (Lipinski definition) is 2. The molecule has 2 heterocycles. The topological polar surface area (TPSA) is 70.2 Å². The third-order valence-electron chi connectivity index (χ3n) is 5.43. The zero-order valence-electron chi connectivity index (χ0n) is 16.6. The number of benzene rings is 2. The van der Waals surface area contributed by atoms with Gasteiger partial charge in [-0.05, 0) is 49.7 Å². The maximum atomic E-state index is 12.7. The van der Waals surface area contributed by atoms with Crippen LogP contribution in [0.5, 0.6) is 5.75 Å². The van der Waals surface area contributed by atoms with Crippen molar-refractivity contribution in [3.8, 4) is 17.0 Å². The predicted octanol–water partition coefficient (Wildman–Crippen LogP) is 3.65. The molecule has 1 aliphatic heterocycles. The number of rotatable bonds is 7. The fourth-order valence-corrected chi connectivity index (χ4v) is 3.82. The van der Waals surface area contributed by atoms with E-state index in [1.807, 2.05) is 42.5 Å². The number of nitrogens with zero attached hydrogens (tertiary/aromatic N) is 2. The number of likely N-dealkylation sites (tertiary alicyclic amines) is 1. The summed E-state index contributed by atoms with van der Waals surface area (Å²) in [4.78, 5) is 15.2. The van der Waals surface area contributed by atoms with Crippen LogP contribution in [0.3, 0.4) is 0 Å². The van der Waals surface area contributed by atoms with Crippen molar-refractivity contribution in [3.05, 3.63) is 71.9 Å². The van der Waals surface area contributed by atoms with Crippen LogP contribution < -0.4 is 10.1 Å². The van der Waals surface area contributed by atoms with Gasteiger partial charge in [-0.3, -0.25) is 14.8 Å². The summed E-state index contributed by atoms with van der Waals surface area (Å²) < 4.78 is 5.27. The van der Waals surface area contributed by atoms with Crippen molar-refractivity contribution < 1.29 is 9.53 Å². The molecule has 0 spiro atoms. The molecular weight excluding hydrogens is 364 g/mol. The quantitative estimate of drug-likeness (QED) is 0.646. The molecule has 2 N–H and O–H groups in total. The number of nitrogens with one attached hydrogen (secondary N) is 2. The Balaban J connectivity index is 1.45. The molecule has 1 saturated heterocycles. The highest BCUT2D eigenvalue weighted by Crippen LogP contribution is 2.26. The normalized spacial score (nSPS) is 15.2. The molecule has 6 nitrogen and oxygen atoms in total. The first-order valence-corrected chi connectivity index (χ1v) is 10.0. The summed E-state index contributed by atoms with van der Waals surface area (Å²) in [5.74, 6) is 0.696. The number of hydrogen-bond acceptors (Lipinski definition) is 4. The molecule has 1 aliphatic rings. The van der Waals surface area contributed by atoms with E-state index in [0.29, 0.717) is 12.2 Å². The second kappa shape index (κ2) is 8.92. The molecule has 0 radical (unpaired) electrons. The Bertz CT molecular complexity index is 931. The van der Waals surface area contributed by atoms with Crippen LogP contribution in [0.25, 0.3) is 11.3 Å². The first-order chi connectivity index (χ1) is 14.2. The lowest BCUT2D eigenvalue weighted by atomic mass is 10.1. The number of carbonyl (C=O) groups is 1. The Hall–Kier alpha value is -3.12. The van der Waals surface area contributed by atoms with E-state index in [-0.39, 0.29) is 11.9 Å². The van der Waals surface area contributed by atoms with Crippen LogP contribution in [0, 0.1) is 0 Å². The number of methoxy groups -OCH3 is 1. The Morgan fingerprint density at radius 3 is 2.55 bits per heavy atom. The van der Waals surface area contributed by atoms with Gasteiger partial charge in [-0.25, -0.2) is 0 Å². The van der Waals surface area contributed by atoms with Gasteiger partial charge in [0.15, 0.2) is 0 Å². The highest BCUT2D eigenvalue weighted by molar-refractivity contribution is 5.93. The predicted molar refractivity (Wildman–Crippen MR) is 113 cm³/mol. The lowest BCUT2D eigenvalue weighted by Crippen LogP contribution is -2.36. The Kier molecular flexibility index (Phi) is 5.91. The Labute approximate surface area is 170 Å². The Morgan fingerprint density at radius 1 is 1.14 bits per heavy atom. The molecule has 2 aromatic carbocycles. The van der Waals surface area contributed by atoms with Crippen LogP contribution >= 0.6 is 0 Å². The lowest BCUT2D eigenvalue weighted by Gasteiger charge is -2.28. The second-order valence-electron chi connectivity index (χ2n) is 7.27. The fraction of sp³-hybridized carbons (Fsp3) is 0.304. The molecule has 3 aromatic rings. The summed E-state index contributed by atoms with van der Waals surface area (Å²) >= 11 is 0. The van der Waals surface area contributed by atoms with Crippen molar-refractivity contribution >= 4 is 5.91 Å². The molecule has 0 bridgehead atoms. The van der Waals surface area contributed by atoms with Crippen LogP contribution in [0.1, 0.15) is 34.9 Å². The van der Waals surface area contributed by atoms with E-state index in [0.717, 1.165) is 30.1 Å². The molecule has 29 heavy (non-hydrogen) atoms. The van der Waals surface area contributed by atoms with E-state index < -0.39 is 0 Å². The lowest BCUT2D eigenvalue weighted by molar-refractivity contribution is 0.0933. The van der Waals surface area contributed by atoms with E-state index >= 15 is 0 Å². The first-order valence-electron chi connectivity index (χ1n) is 10.0. The molecule has 4 rings (SSSR count). The van der Waals surface area contributed by atoms with Gasteiger partial charge in [0, 0.05) is 12.1 Å². The van der Waals surface area contributed by atoms with Crippen LogP contribution in [0.2, 0.25) is 0 Å². The van der Waals surface area contributed by atoms with Gasteiger partial charge in [-0.2, -0.15) is 5.10 Å². The number of aromatic nitrogens is 2. The van der Waals surface area contributed by atoms with Gasteiger partial charge in [0.05, 0.1) is 18.8 Å². The van der Waals surface area contributed by atoms with E-state index in [1.165, 1.54) is 18.4 Å². The molecule has 1 unspecified atom stereocenters. The van der Waals surface area contributed by atoms with Gasteiger partial charge in [-0.1, -0.05) is 42.5 Å². The molecule has 0 saturated carbocycles. The molecule has 1 fully saturated rings. The third kappa shape index (κ3) is 4.49. The molecule has 1 aromatic heterocycles. The van der Waals surface area contributed by atoms with E-state index in [9.17, 15) is 4.79 Å². The zero-order valence-corrected chi connectivity index (χ0v) is 16.6. The van der Waals surface area contributed by atoms with Crippen LogP contribution in [-0.4, -0.2) is 47.7 Å². The van der Waals surface area contributed by atoms with E-state index in [1.54, 1.807) is 13.2 Å². The standard InChI is InChI=1S/C23H26N4O2/c1-29-19-11-9-18(10-12-19)22(27-13-5-6-14-27)16-24-23(28)21-15-20(25-26-21)17-7-3-2-4-8-17/h2-4,7-12,15,22H,5-6,13-14,16H2,1H3,(H,24,28)(H,25,26). The maximum Gasteiger partial charge on any atom is 0.269 e. The van der Waals surface area contributed by atoms with Crippen LogP contribution in [0.15, 0.2) is 60.7 Å². The van der Waals surface area contributed by atoms with Crippen molar-refractivity contribution in [1.82, 2.24) is 20.4 Å². The number of amides is 1.